The van der Waals surface area contributed by atoms with E-state index >= 15 is 0 Å². The average molecular weight is 288 g/mol. The van der Waals surface area contributed by atoms with Gasteiger partial charge >= 0.3 is 5.69 Å². The van der Waals surface area contributed by atoms with E-state index in [0.717, 1.165) is 0 Å². The zero-order chi connectivity index (χ0) is 14.6. The van der Waals surface area contributed by atoms with E-state index in [9.17, 15) is 15.2 Å². The van der Waals surface area contributed by atoms with Crippen LogP contribution in [-0.2, 0) is 0 Å². The van der Waals surface area contributed by atoms with Crippen LogP contribution in [0.1, 0.15) is 27.2 Å². The van der Waals surface area contributed by atoms with Crippen LogP contribution in [-0.4, -0.2) is 27.7 Å². The molecule has 0 spiro atoms. The van der Waals surface area contributed by atoms with Gasteiger partial charge in [0, 0.05) is 12.6 Å². The third kappa shape index (κ3) is 5.40. The number of aromatic nitrogens is 1. The third-order valence-corrected chi connectivity index (χ3v) is 2.60. The van der Waals surface area contributed by atoms with E-state index in [0.29, 0.717) is 6.42 Å². The Hall–Kier alpha value is -1.40. The number of aliphatic hydroxyl groups is 1. The number of hydrogen-bond acceptors (Lipinski definition) is 5. The minimum absolute atomic E-state index is 0.0191. The van der Waals surface area contributed by atoms with Crippen LogP contribution in [0.4, 0.5) is 11.5 Å². The Morgan fingerprint density at radius 3 is 2.68 bits per heavy atom. The first-order chi connectivity index (χ1) is 8.69. The first-order valence-electron chi connectivity index (χ1n) is 5.92. The lowest BCUT2D eigenvalue weighted by Crippen LogP contribution is -2.25. The van der Waals surface area contributed by atoms with Crippen molar-refractivity contribution in [3.8, 4) is 0 Å². The molecule has 2 N–H and O–H groups in total. The highest BCUT2D eigenvalue weighted by Gasteiger charge is 2.19. The number of aliphatic hydroxyl groups excluding tert-OH is 1. The maximum Gasteiger partial charge on any atom is 0.311 e. The topological polar surface area (TPSA) is 88.3 Å². The van der Waals surface area contributed by atoms with Gasteiger partial charge in [-0.1, -0.05) is 32.4 Å². The second kappa shape index (κ2) is 6.16. The number of hydrogen-bond donors (Lipinski definition) is 2. The number of anilines is 1. The second-order valence-electron chi connectivity index (χ2n) is 5.56. The van der Waals surface area contributed by atoms with Crippen molar-refractivity contribution in [2.45, 2.75) is 33.3 Å². The Kier molecular flexibility index (Phi) is 5.08. The molecule has 0 fully saturated rings. The van der Waals surface area contributed by atoms with Crippen LogP contribution >= 0.6 is 11.6 Å². The van der Waals surface area contributed by atoms with Crippen molar-refractivity contribution in [2.75, 3.05) is 11.9 Å². The van der Waals surface area contributed by atoms with E-state index in [2.05, 4.69) is 10.3 Å². The highest BCUT2D eigenvalue weighted by Crippen LogP contribution is 2.25. The molecule has 1 aromatic heterocycles. The van der Waals surface area contributed by atoms with Gasteiger partial charge in [0.25, 0.3) is 0 Å². The van der Waals surface area contributed by atoms with Crippen LogP contribution in [0.15, 0.2) is 12.1 Å². The molecule has 0 aliphatic heterocycles. The lowest BCUT2D eigenvalue weighted by atomic mass is 9.89. The molecular weight excluding hydrogens is 270 g/mol. The molecule has 1 unspecified atom stereocenters. The monoisotopic (exact) mass is 287 g/mol. The zero-order valence-corrected chi connectivity index (χ0v) is 11.9. The summed E-state index contributed by atoms with van der Waals surface area (Å²) in [6, 6.07) is 2.64. The van der Waals surface area contributed by atoms with Gasteiger partial charge in [0.05, 0.1) is 11.0 Å². The number of nitrogens with one attached hydrogen (secondary N) is 1. The molecule has 0 aliphatic carbocycles. The van der Waals surface area contributed by atoms with Crippen molar-refractivity contribution in [3.63, 3.8) is 0 Å². The molecule has 1 atom stereocenters. The number of pyridine rings is 1. The lowest BCUT2D eigenvalue weighted by Gasteiger charge is -2.22. The SMILES string of the molecule is CC(C)(C)CC(O)CNc1nc(Cl)ccc1[N+](=O)[O-]. The summed E-state index contributed by atoms with van der Waals surface area (Å²) in [5.41, 5.74) is -0.179. The maximum atomic E-state index is 10.8. The minimum atomic E-state index is -0.611. The van der Waals surface area contributed by atoms with E-state index < -0.39 is 11.0 Å². The molecular formula is C12H18ClN3O3. The van der Waals surface area contributed by atoms with Gasteiger partial charge in [-0.3, -0.25) is 10.1 Å². The molecule has 0 bridgehead atoms. The first-order valence-corrected chi connectivity index (χ1v) is 6.30. The van der Waals surface area contributed by atoms with E-state index in [-0.39, 0.29) is 28.6 Å². The summed E-state index contributed by atoms with van der Waals surface area (Å²) < 4.78 is 0. The Labute approximate surface area is 117 Å². The molecule has 0 aliphatic rings. The standard InChI is InChI=1S/C12H18ClN3O3/c1-12(2,3)6-8(17)7-14-11-9(16(18)19)4-5-10(13)15-11/h4-5,8,17H,6-7H2,1-3H3,(H,14,15). The molecule has 19 heavy (non-hydrogen) atoms. The number of rotatable bonds is 5. The molecule has 7 heteroatoms. The molecule has 0 saturated carbocycles. The molecule has 1 heterocycles. The van der Waals surface area contributed by atoms with E-state index in [1.165, 1.54) is 12.1 Å². The molecule has 1 aromatic rings. The molecule has 0 saturated heterocycles. The van der Waals surface area contributed by atoms with Crippen molar-refractivity contribution >= 4 is 23.1 Å². The fourth-order valence-corrected chi connectivity index (χ4v) is 1.85. The fraction of sp³-hybridized carbons (Fsp3) is 0.583. The number of halogens is 1. The summed E-state index contributed by atoms with van der Waals surface area (Å²) in [7, 11) is 0. The maximum absolute atomic E-state index is 10.8. The quantitative estimate of drug-likeness (QED) is 0.494. The van der Waals surface area contributed by atoms with Crippen LogP contribution in [0, 0.1) is 15.5 Å². The van der Waals surface area contributed by atoms with Gasteiger partial charge in [0.2, 0.25) is 5.82 Å². The summed E-state index contributed by atoms with van der Waals surface area (Å²) in [5, 5.41) is 23.6. The predicted octanol–water partition coefficient (Wildman–Crippen LogP) is 2.85. The van der Waals surface area contributed by atoms with Crippen LogP contribution in [0.3, 0.4) is 0 Å². The Bertz CT molecular complexity index is 460. The van der Waals surface area contributed by atoms with Crippen molar-refractivity contribution < 1.29 is 10.0 Å². The fourth-order valence-electron chi connectivity index (χ4n) is 1.70. The molecule has 0 radical (unpaired) electrons. The third-order valence-electron chi connectivity index (χ3n) is 2.39. The van der Waals surface area contributed by atoms with Gasteiger partial charge in [0.15, 0.2) is 0 Å². The van der Waals surface area contributed by atoms with E-state index in [4.69, 9.17) is 11.6 Å². The van der Waals surface area contributed by atoms with Crippen LogP contribution in [0.25, 0.3) is 0 Å². The molecule has 0 aromatic carbocycles. The van der Waals surface area contributed by atoms with Crippen LogP contribution < -0.4 is 5.32 Å². The van der Waals surface area contributed by atoms with Gasteiger partial charge in [-0.2, -0.15) is 0 Å². The smallest absolute Gasteiger partial charge is 0.311 e. The Morgan fingerprint density at radius 1 is 1.53 bits per heavy atom. The lowest BCUT2D eigenvalue weighted by molar-refractivity contribution is -0.384. The van der Waals surface area contributed by atoms with Crippen molar-refractivity contribution in [1.29, 1.82) is 0 Å². The average Bonchev–Trinajstić information content (AvgIpc) is 2.23. The van der Waals surface area contributed by atoms with Gasteiger partial charge in [0.1, 0.15) is 5.15 Å². The molecule has 1 rings (SSSR count). The summed E-state index contributed by atoms with van der Waals surface area (Å²) in [6.45, 7) is 6.22. The summed E-state index contributed by atoms with van der Waals surface area (Å²) in [5.74, 6) is 0.0745. The zero-order valence-electron chi connectivity index (χ0n) is 11.2. The van der Waals surface area contributed by atoms with E-state index in [1.807, 2.05) is 20.8 Å². The molecule has 106 valence electrons. The number of nitro groups is 1. The van der Waals surface area contributed by atoms with Crippen molar-refractivity contribution in [1.82, 2.24) is 4.98 Å². The van der Waals surface area contributed by atoms with Gasteiger partial charge in [-0.15, -0.1) is 0 Å². The summed E-state index contributed by atoms with van der Waals surface area (Å²) in [4.78, 5) is 14.2. The van der Waals surface area contributed by atoms with Crippen molar-refractivity contribution in [2.24, 2.45) is 5.41 Å². The van der Waals surface area contributed by atoms with E-state index in [1.54, 1.807) is 0 Å². The van der Waals surface area contributed by atoms with Gasteiger partial charge in [-0.05, 0) is 17.9 Å². The second-order valence-corrected chi connectivity index (χ2v) is 5.95. The molecule has 0 amide bonds. The minimum Gasteiger partial charge on any atom is -0.391 e. The van der Waals surface area contributed by atoms with Crippen LogP contribution in [0.2, 0.25) is 5.15 Å². The Morgan fingerprint density at radius 2 is 2.16 bits per heavy atom. The van der Waals surface area contributed by atoms with Crippen molar-refractivity contribution in [3.05, 3.63) is 27.4 Å². The van der Waals surface area contributed by atoms with Gasteiger partial charge in [-0.25, -0.2) is 4.98 Å². The largest absolute Gasteiger partial charge is 0.391 e. The van der Waals surface area contributed by atoms with Gasteiger partial charge < -0.3 is 10.4 Å². The Balaban J connectivity index is 2.72. The number of nitrogens with zero attached hydrogens (tertiary/aromatic N) is 2. The summed E-state index contributed by atoms with van der Waals surface area (Å²) >= 11 is 5.71. The van der Waals surface area contributed by atoms with Crippen LogP contribution in [0.5, 0.6) is 0 Å². The predicted molar refractivity (Wildman–Crippen MR) is 74.5 cm³/mol. The highest BCUT2D eigenvalue weighted by molar-refractivity contribution is 6.29. The first kappa shape index (κ1) is 15.7. The normalized spacial score (nSPS) is 13.1. The summed E-state index contributed by atoms with van der Waals surface area (Å²) in [6.07, 6.45) is -0.0330. The highest BCUT2D eigenvalue weighted by atomic mass is 35.5. The molecule has 6 nitrogen and oxygen atoms in total.